The molecule has 70 heavy (non-hydrogen) atoms. The molecule has 0 aromatic heterocycles. The van der Waals surface area contributed by atoms with Crippen LogP contribution in [0.25, 0.3) is 0 Å². The number of esters is 1. The zero-order chi connectivity index (χ0) is 52.5. The zero-order valence-electron chi connectivity index (χ0n) is 44.4. The first-order chi connectivity index (χ1) is 33.1. The van der Waals surface area contributed by atoms with Gasteiger partial charge in [0.2, 0.25) is 41.4 Å². The summed E-state index contributed by atoms with van der Waals surface area (Å²) in [5.41, 5.74) is 0. The van der Waals surface area contributed by atoms with Crippen molar-refractivity contribution in [2.45, 2.75) is 258 Å². The van der Waals surface area contributed by atoms with Crippen LogP contribution < -0.4 is 31.9 Å². The van der Waals surface area contributed by atoms with Crippen molar-refractivity contribution < 1.29 is 53.3 Å². The predicted octanol–water partition coefficient (Wildman–Crippen LogP) is 4.60. The van der Waals surface area contributed by atoms with Crippen molar-refractivity contribution in [1.29, 1.82) is 0 Å². The standard InChI is InChI=1S/C52H93N7O11/c1-11-12-13-14-15-16-17-18-19-20-21-22-23-24-25-27-38-31-41(62)55-44(36(9)60)50(67)57-42(33(4)5)48(65)53-35(8)51(68)59-29-26-28-40(59)47(64)54-39(30-32(2)3)46(63)56-43(34(6)7)49(66)58-45(37(10)61)52(69)70-38/h32-40,42-45,60-61H,11-31H2,1-10H3,(H,53,65)(H,54,64)(H,55,62)(H,56,63)(H,57,67)(H,58,66)/t35-,36+,37+,38?,39-,40-,42-,43-,44-,45-/m0/s1. The van der Waals surface area contributed by atoms with E-state index < -0.39 is 126 Å². The first-order valence-electron chi connectivity index (χ1n) is 26.8. The SMILES string of the molecule is CCCCCCCCCCCCCCCCCC1CC(=O)N[C@@H]([C@@H](C)O)C(=O)N[C@@H](C(C)C)C(=O)N[C@@H](C)C(=O)N2CCC[C@H]2C(=O)N[C@@H](CC(C)C)C(=O)N[C@@H](C(C)C)C(=O)N[C@@H]([C@@H](C)O)C(=O)O1. The number of hydrogen-bond donors (Lipinski definition) is 8. The summed E-state index contributed by atoms with van der Waals surface area (Å²) in [4.78, 5) is 112. The second-order valence-corrected chi connectivity index (χ2v) is 21.1. The molecule has 0 bridgehead atoms. The van der Waals surface area contributed by atoms with Crippen LogP contribution in [-0.4, -0.2) is 130 Å². The van der Waals surface area contributed by atoms with Crippen LogP contribution in [0, 0.1) is 17.8 Å². The molecule has 10 atom stereocenters. The number of nitrogens with one attached hydrogen (secondary N) is 6. The van der Waals surface area contributed by atoms with E-state index in [1.165, 1.54) is 83.5 Å². The van der Waals surface area contributed by atoms with Gasteiger partial charge in [-0.2, -0.15) is 0 Å². The van der Waals surface area contributed by atoms with Gasteiger partial charge in [0.05, 0.1) is 18.6 Å². The fraction of sp³-hybridized carbons (Fsp3) is 0.846. The van der Waals surface area contributed by atoms with Crippen LogP contribution in [0.4, 0.5) is 0 Å². The van der Waals surface area contributed by atoms with Crippen LogP contribution in [0.3, 0.4) is 0 Å². The molecule has 18 heteroatoms. The van der Waals surface area contributed by atoms with E-state index in [0.29, 0.717) is 19.3 Å². The smallest absolute Gasteiger partial charge is 0.331 e. The number of ether oxygens (including phenoxy) is 1. The Morgan fingerprint density at radius 1 is 0.557 bits per heavy atom. The largest absolute Gasteiger partial charge is 0.460 e. The minimum atomic E-state index is -1.61. The summed E-state index contributed by atoms with van der Waals surface area (Å²) in [5.74, 6) is -7.05. The molecule has 18 nitrogen and oxygen atoms in total. The number of unbranched alkanes of at least 4 members (excludes halogenated alkanes) is 14. The molecular formula is C52H93N7O11. The first-order valence-corrected chi connectivity index (χ1v) is 26.8. The van der Waals surface area contributed by atoms with Crippen molar-refractivity contribution in [3.8, 4) is 0 Å². The first kappa shape index (κ1) is 61.8. The predicted molar refractivity (Wildman–Crippen MR) is 269 cm³/mol. The molecule has 0 radical (unpaired) electrons. The van der Waals surface area contributed by atoms with Crippen LogP contribution >= 0.6 is 0 Å². The zero-order valence-corrected chi connectivity index (χ0v) is 44.4. The van der Waals surface area contributed by atoms with Gasteiger partial charge in [-0.15, -0.1) is 0 Å². The van der Waals surface area contributed by atoms with E-state index in [9.17, 15) is 48.6 Å². The monoisotopic (exact) mass is 992 g/mol. The number of hydrogen-bond acceptors (Lipinski definition) is 11. The van der Waals surface area contributed by atoms with Gasteiger partial charge >= 0.3 is 5.97 Å². The number of carbonyl (C=O) groups is 8. The van der Waals surface area contributed by atoms with Gasteiger partial charge in [-0.1, -0.05) is 138 Å². The number of nitrogens with zero attached hydrogens (tertiary/aromatic N) is 1. The van der Waals surface area contributed by atoms with Crippen LogP contribution in [0.1, 0.15) is 198 Å². The van der Waals surface area contributed by atoms with Crippen LogP contribution in [-0.2, 0) is 43.1 Å². The highest BCUT2D eigenvalue weighted by Gasteiger charge is 2.41. The maximum Gasteiger partial charge on any atom is 0.331 e. The normalized spacial score (nSPS) is 26.3. The Morgan fingerprint density at radius 2 is 1.01 bits per heavy atom. The van der Waals surface area contributed by atoms with Gasteiger partial charge in [-0.25, -0.2) is 4.79 Å². The second-order valence-electron chi connectivity index (χ2n) is 21.1. The maximum atomic E-state index is 14.0. The molecule has 8 N–H and O–H groups in total. The van der Waals surface area contributed by atoms with E-state index in [-0.39, 0.29) is 25.3 Å². The molecular weight excluding hydrogens is 899 g/mol. The number of aliphatic hydroxyl groups is 2. The number of cyclic esters (lactones) is 1. The lowest BCUT2D eigenvalue weighted by Gasteiger charge is -2.31. The Hall–Kier alpha value is -4.32. The minimum absolute atomic E-state index is 0.0842. The molecule has 7 amide bonds. The number of carbonyl (C=O) groups excluding carboxylic acids is 8. The molecule has 0 aromatic carbocycles. The summed E-state index contributed by atoms with van der Waals surface area (Å²) < 4.78 is 5.88. The van der Waals surface area contributed by atoms with E-state index in [1.807, 2.05) is 13.8 Å². The van der Waals surface area contributed by atoms with E-state index in [0.717, 1.165) is 32.1 Å². The minimum Gasteiger partial charge on any atom is -0.460 e. The van der Waals surface area contributed by atoms with Gasteiger partial charge in [0.15, 0.2) is 6.04 Å². The van der Waals surface area contributed by atoms with Crippen LogP contribution in [0.2, 0.25) is 0 Å². The highest BCUT2D eigenvalue weighted by Crippen LogP contribution is 2.21. The van der Waals surface area contributed by atoms with E-state index >= 15 is 0 Å². The quantitative estimate of drug-likeness (QED) is 0.0549. The van der Waals surface area contributed by atoms with Crippen molar-refractivity contribution in [2.75, 3.05) is 6.54 Å². The van der Waals surface area contributed by atoms with Crippen molar-refractivity contribution in [3.05, 3.63) is 0 Å². The van der Waals surface area contributed by atoms with Gasteiger partial charge in [0.1, 0.15) is 42.4 Å². The molecule has 0 aromatic rings. The van der Waals surface area contributed by atoms with Gasteiger partial charge in [-0.3, -0.25) is 33.6 Å². The number of aliphatic hydroxyl groups excluding tert-OH is 2. The van der Waals surface area contributed by atoms with Crippen molar-refractivity contribution in [1.82, 2.24) is 36.8 Å². The van der Waals surface area contributed by atoms with E-state index in [4.69, 9.17) is 4.74 Å². The third-order valence-electron chi connectivity index (χ3n) is 13.3. The molecule has 2 saturated heterocycles. The number of fused-ring (bicyclic) bond motifs is 1. The van der Waals surface area contributed by atoms with Gasteiger partial charge < -0.3 is 51.8 Å². The highest BCUT2D eigenvalue weighted by molar-refractivity contribution is 5.98. The van der Waals surface area contributed by atoms with E-state index in [1.54, 1.807) is 27.7 Å². The summed E-state index contributed by atoms with van der Waals surface area (Å²) in [7, 11) is 0. The fourth-order valence-electron chi connectivity index (χ4n) is 9.10. The molecule has 0 spiro atoms. The average molecular weight is 992 g/mol. The second kappa shape index (κ2) is 32.6. The molecule has 2 aliphatic rings. The van der Waals surface area contributed by atoms with E-state index in [2.05, 4.69) is 38.8 Å². The van der Waals surface area contributed by atoms with Gasteiger partial charge in [0, 0.05) is 6.54 Å². The third kappa shape index (κ3) is 22.0. The Kier molecular flexibility index (Phi) is 28.8. The fourth-order valence-corrected chi connectivity index (χ4v) is 9.10. The molecule has 1 unspecified atom stereocenters. The summed E-state index contributed by atoms with van der Waals surface area (Å²) >= 11 is 0. The van der Waals surface area contributed by atoms with Crippen molar-refractivity contribution in [2.24, 2.45) is 17.8 Å². The van der Waals surface area contributed by atoms with Gasteiger partial charge in [-0.05, 0) is 70.6 Å². The van der Waals surface area contributed by atoms with Crippen LogP contribution in [0.5, 0.6) is 0 Å². The molecule has 402 valence electrons. The lowest BCUT2D eigenvalue weighted by molar-refractivity contribution is -0.158. The lowest BCUT2D eigenvalue weighted by atomic mass is 9.99. The lowest BCUT2D eigenvalue weighted by Crippen LogP contribution is -2.61. The van der Waals surface area contributed by atoms with Crippen LogP contribution in [0.15, 0.2) is 0 Å². The summed E-state index contributed by atoms with van der Waals surface area (Å²) in [6.07, 6.45) is 14.0. The Bertz CT molecular complexity index is 1660. The molecule has 0 aliphatic carbocycles. The Labute approximate surface area is 418 Å². The van der Waals surface area contributed by atoms with Crippen molar-refractivity contribution in [3.63, 3.8) is 0 Å². The summed E-state index contributed by atoms with van der Waals surface area (Å²) in [5, 5.41) is 37.5. The third-order valence-corrected chi connectivity index (χ3v) is 13.3. The average Bonchev–Trinajstić information content (AvgIpc) is 3.78. The number of amides is 7. The maximum absolute atomic E-state index is 14.0. The molecule has 0 saturated carbocycles. The molecule has 2 rings (SSSR count). The Balaban J connectivity index is 2.41. The molecule has 2 fully saturated rings. The molecule has 2 heterocycles. The van der Waals surface area contributed by atoms with Crippen molar-refractivity contribution >= 4 is 47.3 Å². The van der Waals surface area contributed by atoms with Gasteiger partial charge in [0.25, 0.3) is 0 Å². The topological polar surface area (TPSA) is 262 Å². The number of rotatable bonds is 22. The summed E-state index contributed by atoms with van der Waals surface area (Å²) in [6, 6.07) is -8.79. The molecule has 2 aliphatic heterocycles. The highest BCUT2D eigenvalue weighted by atomic mass is 16.5. The Morgan fingerprint density at radius 3 is 1.50 bits per heavy atom. The summed E-state index contributed by atoms with van der Waals surface area (Å²) in [6.45, 7) is 17.0.